The van der Waals surface area contributed by atoms with Gasteiger partial charge in [-0.2, -0.15) is 4.98 Å². The summed E-state index contributed by atoms with van der Waals surface area (Å²) in [6, 6.07) is 0.102. The third kappa shape index (κ3) is 1.84. The van der Waals surface area contributed by atoms with Gasteiger partial charge in [0.2, 0.25) is 11.7 Å². The second kappa shape index (κ2) is 4.60. The van der Waals surface area contributed by atoms with E-state index in [4.69, 9.17) is 14.0 Å². The average molecular weight is 253 g/mol. The molecule has 6 heteroatoms. The van der Waals surface area contributed by atoms with E-state index < -0.39 is 0 Å². The molecule has 0 bridgehead atoms. The average Bonchev–Trinajstić information content (AvgIpc) is 2.96. The fraction of sp³-hybridized carbons (Fsp3) is 0.833. The van der Waals surface area contributed by atoms with Crippen LogP contribution in [0, 0.1) is 0 Å². The van der Waals surface area contributed by atoms with Gasteiger partial charge in [-0.1, -0.05) is 5.16 Å². The molecule has 2 atom stereocenters. The molecule has 1 aromatic rings. The van der Waals surface area contributed by atoms with E-state index in [0.29, 0.717) is 11.7 Å². The van der Waals surface area contributed by atoms with E-state index >= 15 is 0 Å². The van der Waals surface area contributed by atoms with Gasteiger partial charge in [0.25, 0.3) is 0 Å². The summed E-state index contributed by atoms with van der Waals surface area (Å²) < 4.78 is 16.2. The molecule has 0 unspecified atom stereocenters. The highest BCUT2D eigenvalue weighted by Crippen LogP contribution is 2.43. The number of nitrogens with zero attached hydrogens (tertiary/aromatic N) is 2. The van der Waals surface area contributed by atoms with Crippen molar-refractivity contribution in [3.63, 3.8) is 0 Å². The summed E-state index contributed by atoms with van der Waals surface area (Å²) in [4.78, 5) is 4.51. The number of rotatable bonds is 4. The van der Waals surface area contributed by atoms with Crippen molar-refractivity contribution in [2.75, 3.05) is 20.8 Å². The second-order valence-corrected chi connectivity index (χ2v) is 5.06. The third-order valence-corrected chi connectivity index (χ3v) is 4.12. The van der Waals surface area contributed by atoms with E-state index in [1.807, 2.05) is 0 Å². The monoisotopic (exact) mass is 253 g/mol. The van der Waals surface area contributed by atoms with Gasteiger partial charge < -0.3 is 19.3 Å². The Bertz CT molecular complexity index is 411. The highest BCUT2D eigenvalue weighted by Gasteiger charge is 2.44. The molecule has 1 saturated heterocycles. The van der Waals surface area contributed by atoms with Crippen molar-refractivity contribution in [3.05, 3.63) is 11.7 Å². The van der Waals surface area contributed by atoms with Gasteiger partial charge >= 0.3 is 0 Å². The minimum Gasteiger partial charge on any atom is -0.380 e. The van der Waals surface area contributed by atoms with Gasteiger partial charge in [-0.25, -0.2) is 0 Å². The lowest BCUT2D eigenvalue weighted by atomic mass is 9.79. The molecule has 3 rings (SSSR count). The summed E-state index contributed by atoms with van der Waals surface area (Å²) in [6.45, 7) is 0.828. The maximum atomic E-state index is 5.55. The van der Waals surface area contributed by atoms with Crippen LogP contribution in [0.1, 0.15) is 43.4 Å². The Hall–Kier alpha value is -0.980. The van der Waals surface area contributed by atoms with Crippen LogP contribution < -0.4 is 5.32 Å². The Morgan fingerprint density at radius 3 is 2.78 bits per heavy atom. The molecule has 2 heterocycles. The number of nitrogens with one attached hydrogen (secondary N) is 1. The Kier molecular flexibility index (Phi) is 3.09. The SMILES string of the molecule is CO[C@@H]1CN[C@@H](c2nc(C3(OC)CCC3)no2)C1. The molecule has 2 aliphatic rings. The molecule has 0 amide bonds. The fourth-order valence-electron chi connectivity index (χ4n) is 2.65. The van der Waals surface area contributed by atoms with Gasteiger partial charge in [0.15, 0.2) is 0 Å². The number of methoxy groups -OCH3 is 2. The zero-order valence-corrected chi connectivity index (χ0v) is 10.8. The molecule has 6 nitrogen and oxygen atoms in total. The van der Waals surface area contributed by atoms with Crippen LogP contribution in [0.4, 0.5) is 0 Å². The van der Waals surface area contributed by atoms with Gasteiger partial charge in [0.05, 0.1) is 12.1 Å². The Labute approximate surface area is 106 Å². The quantitative estimate of drug-likeness (QED) is 0.868. The summed E-state index contributed by atoms with van der Waals surface area (Å²) in [6.07, 6.45) is 4.21. The summed E-state index contributed by atoms with van der Waals surface area (Å²) in [7, 11) is 3.44. The molecule has 1 saturated carbocycles. The van der Waals surface area contributed by atoms with Gasteiger partial charge in [-0.3, -0.25) is 0 Å². The van der Waals surface area contributed by atoms with Gasteiger partial charge in [0, 0.05) is 20.8 Å². The van der Waals surface area contributed by atoms with E-state index in [2.05, 4.69) is 15.5 Å². The maximum absolute atomic E-state index is 5.55. The summed E-state index contributed by atoms with van der Waals surface area (Å²) in [5.41, 5.74) is -0.305. The lowest BCUT2D eigenvalue weighted by molar-refractivity contribution is -0.0858. The van der Waals surface area contributed by atoms with Crippen LogP contribution in [-0.2, 0) is 15.1 Å². The molecule has 1 N–H and O–H groups in total. The van der Waals surface area contributed by atoms with Crippen molar-refractivity contribution in [3.8, 4) is 0 Å². The van der Waals surface area contributed by atoms with E-state index in [0.717, 1.165) is 32.2 Å². The summed E-state index contributed by atoms with van der Waals surface area (Å²) >= 11 is 0. The minimum atomic E-state index is -0.305. The van der Waals surface area contributed by atoms with E-state index in [1.165, 1.54) is 0 Å². The first-order chi connectivity index (χ1) is 8.77. The normalized spacial score (nSPS) is 30.3. The zero-order chi connectivity index (χ0) is 12.6. The molecule has 0 spiro atoms. The molecular weight excluding hydrogens is 234 g/mol. The topological polar surface area (TPSA) is 69.4 Å². The summed E-state index contributed by atoms with van der Waals surface area (Å²) in [5.74, 6) is 1.33. The van der Waals surface area contributed by atoms with Crippen LogP contribution in [0.5, 0.6) is 0 Å². The number of hydrogen-bond acceptors (Lipinski definition) is 6. The van der Waals surface area contributed by atoms with E-state index in [-0.39, 0.29) is 17.7 Å². The molecular formula is C12H19N3O3. The number of hydrogen-bond donors (Lipinski definition) is 1. The van der Waals surface area contributed by atoms with Crippen molar-refractivity contribution in [2.24, 2.45) is 0 Å². The van der Waals surface area contributed by atoms with E-state index in [9.17, 15) is 0 Å². The summed E-state index contributed by atoms with van der Waals surface area (Å²) in [5, 5.41) is 7.42. The predicted molar refractivity (Wildman–Crippen MR) is 63.0 cm³/mol. The first-order valence-corrected chi connectivity index (χ1v) is 6.43. The first-order valence-electron chi connectivity index (χ1n) is 6.43. The smallest absolute Gasteiger partial charge is 0.243 e. The molecule has 2 fully saturated rings. The second-order valence-electron chi connectivity index (χ2n) is 5.06. The maximum Gasteiger partial charge on any atom is 0.243 e. The van der Waals surface area contributed by atoms with Crippen LogP contribution in [-0.4, -0.2) is 37.0 Å². The van der Waals surface area contributed by atoms with Crippen molar-refractivity contribution < 1.29 is 14.0 Å². The third-order valence-electron chi connectivity index (χ3n) is 4.12. The van der Waals surface area contributed by atoms with Crippen LogP contribution in [0.3, 0.4) is 0 Å². The lowest BCUT2D eigenvalue weighted by Crippen LogP contribution is -2.37. The number of ether oxygens (including phenoxy) is 2. The van der Waals surface area contributed by atoms with Crippen molar-refractivity contribution in [2.45, 2.75) is 43.4 Å². The highest BCUT2D eigenvalue weighted by atomic mass is 16.5. The Balaban J connectivity index is 1.74. The standard InChI is InChI=1S/C12H19N3O3/c1-16-8-6-9(13-7-8)10-14-11(15-18-10)12(17-2)4-3-5-12/h8-9,13H,3-7H2,1-2H3/t8-,9+/m0/s1. The predicted octanol–water partition coefficient (Wildman–Crippen LogP) is 1.14. The molecule has 18 heavy (non-hydrogen) atoms. The molecule has 0 radical (unpaired) electrons. The van der Waals surface area contributed by atoms with Crippen LogP contribution in [0.25, 0.3) is 0 Å². The molecule has 100 valence electrons. The van der Waals surface area contributed by atoms with Gasteiger partial charge in [-0.05, 0) is 25.7 Å². The number of aromatic nitrogens is 2. The van der Waals surface area contributed by atoms with Crippen LogP contribution in [0.15, 0.2) is 4.52 Å². The van der Waals surface area contributed by atoms with Crippen LogP contribution in [0.2, 0.25) is 0 Å². The highest BCUT2D eigenvalue weighted by molar-refractivity contribution is 5.08. The first kappa shape index (κ1) is 12.1. The van der Waals surface area contributed by atoms with Crippen LogP contribution >= 0.6 is 0 Å². The van der Waals surface area contributed by atoms with Crippen molar-refractivity contribution in [1.82, 2.24) is 15.5 Å². The molecule has 1 aromatic heterocycles. The Morgan fingerprint density at radius 1 is 1.39 bits per heavy atom. The fourth-order valence-corrected chi connectivity index (χ4v) is 2.65. The van der Waals surface area contributed by atoms with E-state index in [1.54, 1.807) is 14.2 Å². The molecule has 1 aliphatic heterocycles. The largest absolute Gasteiger partial charge is 0.380 e. The zero-order valence-electron chi connectivity index (χ0n) is 10.8. The van der Waals surface area contributed by atoms with Crippen molar-refractivity contribution >= 4 is 0 Å². The van der Waals surface area contributed by atoms with Gasteiger partial charge in [0.1, 0.15) is 5.60 Å². The molecule has 1 aliphatic carbocycles. The Morgan fingerprint density at radius 2 is 2.22 bits per heavy atom. The minimum absolute atomic E-state index is 0.102. The van der Waals surface area contributed by atoms with Gasteiger partial charge in [-0.15, -0.1) is 0 Å². The molecule has 0 aromatic carbocycles. The van der Waals surface area contributed by atoms with Crippen molar-refractivity contribution in [1.29, 1.82) is 0 Å². The lowest BCUT2D eigenvalue weighted by Gasteiger charge is -2.37.